The van der Waals surface area contributed by atoms with Crippen molar-refractivity contribution in [2.45, 2.75) is 83.0 Å². The number of amides is 4. The van der Waals surface area contributed by atoms with Gasteiger partial charge in [-0.1, -0.05) is 74.5 Å². The minimum atomic E-state index is -0.919. The van der Waals surface area contributed by atoms with Gasteiger partial charge in [-0.25, -0.2) is 0 Å². The highest BCUT2D eigenvalue weighted by Gasteiger charge is 2.32. The van der Waals surface area contributed by atoms with E-state index < -0.39 is 41.9 Å². The number of rotatable bonds is 18. The molecular weight excluding hydrogens is 596 g/mol. The maximum atomic E-state index is 13.8. The zero-order valence-electron chi connectivity index (χ0n) is 28.2. The molecule has 47 heavy (non-hydrogen) atoms. The van der Waals surface area contributed by atoms with E-state index in [-0.39, 0.29) is 11.8 Å². The van der Waals surface area contributed by atoms with Gasteiger partial charge in [0.1, 0.15) is 18.1 Å². The van der Waals surface area contributed by atoms with Crippen LogP contribution in [0.2, 0.25) is 0 Å². The summed E-state index contributed by atoms with van der Waals surface area (Å²) in [7, 11) is 1.84. The first-order chi connectivity index (χ1) is 22.7. The fraction of sp³-hybridized carbons (Fsp3) is 0.556. The van der Waals surface area contributed by atoms with Crippen molar-refractivity contribution in [2.24, 2.45) is 11.7 Å². The highest BCUT2D eigenvalue weighted by molar-refractivity contribution is 5.94. The van der Waals surface area contributed by atoms with Gasteiger partial charge in [0.15, 0.2) is 0 Å². The van der Waals surface area contributed by atoms with E-state index >= 15 is 0 Å². The van der Waals surface area contributed by atoms with Crippen LogP contribution in [0.25, 0.3) is 0 Å². The number of carbonyl (C=O) groups excluding carboxylic acids is 4. The molecule has 1 aliphatic heterocycles. The van der Waals surface area contributed by atoms with E-state index in [0.29, 0.717) is 71.4 Å². The molecule has 258 valence electrons. The molecule has 0 unspecified atom stereocenters. The van der Waals surface area contributed by atoms with Crippen molar-refractivity contribution in [1.29, 1.82) is 0 Å². The number of nitrogens with two attached hydrogens (primary N) is 1. The van der Waals surface area contributed by atoms with Crippen LogP contribution in [-0.4, -0.2) is 92.6 Å². The molecule has 0 aliphatic carbocycles. The molecule has 4 atom stereocenters. The SMILES string of the molecule is CNCCC[C@@H](NC(=O)[C@@H](CC(C)C)NC(=O)[C@@H](CCc1ccccc1)NC(=O)[C@H](N)Cc1ccccc1)C(=O)N1CCCOCC1. The van der Waals surface area contributed by atoms with Gasteiger partial charge < -0.3 is 36.6 Å². The molecule has 6 N–H and O–H groups in total. The molecule has 2 aromatic carbocycles. The van der Waals surface area contributed by atoms with Crippen LogP contribution < -0.4 is 27.0 Å². The summed E-state index contributed by atoms with van der Waals surface area (Å²) in [6, 6.07) is 15.8. The van der Waals surface area contributed by atoms with Crippen LogP contribution in [-0.2, 0) is 36.8 Å². The lowest BCUT2D eigenvalue weighted by Gasteiger charge is -2.29. The number of hydrogen-bond donors (Lipinski definition) is 5. The number of hydrogen-bond acceptors (Lipinski definition) is 7. The topological polar surface area (TPSA) is 155 Å². The molecule has 2 aromatic rings. The van der Waals surface area contributed by atoms with Crippen molar-refractivity contribution in [3.8, 4) is 0 Å². The third-order valence-electron chi connectivity index (χ3n) is 8.24. The van der Waals surface area contributed by atoms with Gasteiger partial charge in [0.2, 0.25) is 23.6 Å². The lowest BCUT2D eigenvalue weighted by atomic mass is 9.99. The third-order valence-corrected chi connectivity index (χ3v) is 8.24. The average Bonchev–Trinajstić information content (AvgIpc) is 3.36. The first kappa shape index (κ1) is 37.7. The highest BCUT2D eigenvalue weighted by atomic mass is 16.5. The number of aryl methyl sites for hydroxylation is 1. The minimum absolute atomic E-state index is 0.0731. The second kappa shape index (κ2) is 20.4. The molecule has 0 spiro atoms. The van der Waals surface area contributed by atoms with Crippen LogP contribution in [0.15, 0.2) is 60.7 Å². The zero-order valence-corrected chi connectivity index (χ0v) is 28.2. The van der Waals surface area contributed by atoms with Crippen molar-refractivity contribution >= 4 is 23.6 Å². The van der Waals surface area contributed by atoms with Crippen LogP contribution in [0.1, 0.15) is 57.1 Å². The van der Waals surface area contributed by atoms with Gasteiger partial charge in [-0.15, -0.1) is 0 Å². The molecule has 0 saturated carbocycles. The maximum Gasteiger partial charge on any atom is 0.245 e. The van der Waals surface area contributed by atoms with E-state index in [1.54, 1.807) is 4.90 Å². The maximum absolute atomic E-state index is 13.8. The second-order valence-electron chi connectivity index (χ2n) is 12.7. The number of ether oxygens (including phenoxy) is 1. The summed E-state index contributed by atoms with van der Waals surface area (Å²) in [5.74, 6) is -1.40. The van der Waals surface area contributed by atoms with Crippen LogP contribution in [0.4, 0.5) is 0 Å². The molecule has 1 fully saturated rings. The van der Waals surface area contributed by atoms with Gasteiger partial charge in [-0.05, 0) is 75.6 Å². The lowest BCUT2D eigenvalue weighted by molar-refractivity contribution is -0.138. The smallest absolute Gasteiger partial charge is 0.245 e. The second-order valence-corrected chi connectivity index (χ2v) is 12.7. The number of nitrogens with zero attached hydrogens (tertiary/aromatic N) is 1. The Kier molecular flexibility index (Phi) is 16.4. The van der Waals surface area contributed by atoms with E-state index in [1.807, 2.05) is 81.6 Å². The average molecular weight is 651 g/mol. The van der Waals surface area contributed by atoms with E-state index in [2.05, 4.69) is 21.3 Å². The third kappa shape index (κ3) is 13.5. The number of nitrogens with one attached hydrogen (secondary N) is 4. The van der Waals surface area contributed by atoms with Crippen molar-refractivity contribution in [3.63, 3.8) is 0 Å². The zero-order chi connectivity index (χ0) is 34.0. The molecule has 0 radical (unpaired) electrons. The Morgan fingerprint density at radius 1 is 0.787 bits per heavy atom. The normalized spacial score (nSPS) is 16.0. The number of carbonyl (C=O) groups is 4. The van der Waals surface area contributed by atoms with Crippen LogP contribution in [0.5, 0.6) is 0 Å². The van der Waals surface area contributed by atoms with Crippen molar-refractivity contribution < 1.29 is 23.9 Å². The molecule has 0 aromatic heterocycles. The summed E-state index contributed by atoms with van der Waals surface area (Å²) in [6.07, 6.45) is 3.42. The molecule has 1 saturated heterocycles. The van der Waals surface area contributed by atoms with E-state index in [9.17, 15) is 19.2 Å². The van der Waals surface area contributed by atoms with Gasteiger partial charge in [0.25, 0.3) is 0 Å². The van der Waals surface area contributed by atoms with Crippen LogP contribution >= 0.6 is 0 Å². The molecule has 1 aliphatic rings. The van der Waals surface area contributed by atoms with Gasteiger partial charge in [0.05, 0.1) is 12.6 Å². The Balaban J connectivity index is 1.75. The lowest BCUT2D eigenvalue weighted by Crippen LogP contribution is -2.58. The van der Waals surface area contributed by atoms with Gasteiger partial charge >= 0.3 is 0 Å². The minimum Gasteiger partial charge on any atom is -0.380 e. The highest BCUT2D eigenvalue weighted by Crippen LogP contribution is 2.12. The van der Waals surface area contributed by atoms with Crippen LogP contribution in [0.3, 0.4) is 0 Å². The largest absolute Gasteiger partial charge is 0.380 e. The Hall–Kier alpha value is -3.80. The van der Waals surface area contributed by atoms with E-state index in [4.69, 9.17) is 10.5 Å². The van der Waals surface area contributed by atoms with Gasteiger partial charge in [-0.3, -0.25) is 19.2 Å². The van der Waals surface area contributed by atoms with Crippen molar-refractivity contribution in [3.05, 3.63) is 71.8 Å². The molecule has 11 heteroatoms. The molecular formula is C36H54N6O5. The quantitative estimate of drug-likeness (QED) is 0.155. The molecule has 0 bridgehead atoms. The van der Waals surface area contributed by atoms with Crippen molar-refractivity contribution in [1.82, 2.24) is 26.2 Å². The molecule has 3 rings (SSSR count). The summed E-state index contributed by atoms with van der Waals surface area (Å²) < 4.78 is 5.53. The Labute approximate surface area is 279 Å². The predicted octanol–water partition coefficient (Wildman–Crippen LogP) is 1.94. The Bertz CT molecular complexity index is 1240. The first-order valence-corrected chi connectivity index (χ1v) is 16.9. The fourth-order valence-electron chi connectivity index (χ4n) is 5.64. The van der Waals surface area contributed by atoms with Gasteiger partial charge in [-0.2, -0.15) is 0 Å². The summed E-state index contributed by atoms with van der Waals surface area (Å²) in [5.41, 5.74) is 8.21. The molecule has 11 nitrogen and oxygen atoms in total. The monoisotopic (exact) mass is 650 g/mol. The van der Waals surface area contributed by atoms with E-state index in [1.165, 1.54) is 0 Å². The summed E-state index contributed by atoms with van der Waals surface area (Å²) in [5, 5.41) is 11.8. The van der Waals surface area contributed by atoms with Crippen molar-refractivity contribution in [2.75, 3.05) is 39.9 Å². The van der Waals surface area contributed by atoms with Gasteiger partial charge in [0, 0.05) is 19.7 Å². The molecule has 4 amide bonds. The predicted molar refractivity (Wildman–Crippen MR) is 183 cm³/mol. The standard InChI is InChI=1S/C36H54N6O5/c1-26(2)24-32(35(45)40-31(16-10-19-38-3)36(46)42-20-11-22-47-23-21-42)41-34(44)30(18-17-27-12-6-4-7-13-27)39-33(43)29(37)25-28-14-8-5-9-15-28/h4-9,12-15,26,29-32,38H,10-11,16-25,37H2,1-3H3,(H,39,43)(H,40,45)(H,41,44)/t29-,30-,31-,32-/m1/s1. The Morgan fingerprint density at radius 3 is 2.06 bits per heavy atom. The summed E-state index contributed by atoms with van der Waals surface area (Å²) in [4.78, 5) is 56.2. The van der Waals surface area contributed by atoms with Crippen LogP contribution in [0, 0.1) is 5.92 Å². The molecule has 1 heterocycles. The summed E-state index contributed by atoms with van der Waals surface area (Å²) in [6.45, 7) is 6.73. The van der Waals surface area contributed by atoms with E-state index in [0.717, 1.165) is 17.5 Å². The first-order valence-electron chi connectivity index (χ1n) is 16.9. The fourth-order valence-corrected chi connectivity index (χ4v) is 5.64. The Morgan fingerprint density at radius 2 is 1.40 bits per heavy atom. The number of benzene rings is 2. The summed E-state index contributed by atoms with van der Waals surface area (Å²) >= 11 is 0.